The summed E-state index contributed by atoms with van der Waals surface area (Å²) >= 11 is 1.45. The van der Waals surface area contributed by atoms with E-state index in [9.17, 15) is 4.79 Å². The van der Waals surface area contributed by atoms with Crippen LogP contribution in [0, 0.1) is 0 Å². The summed E-state index contributed by atoms with van der Waals surface area (Å²) < 4.78 is 4.83. The van der Waals surface area contributed by atoms with Crippen molar-refractivity contribution in [3.05, 3.63) is 10.4 Å². The lowest BCUT2D eigenvalue weighted by atomic mass is 10.1. The molecule has 6 heteroatoms. The van der Waals surface area contributed by atoms with Gasteiger partial charge in [-0.3, -0.25) is 0 Å². The van der Waals surface area contributed by atoms with Crippen molar-refractivity contribution < 1.29 is 9.53 Å². The minimum atomic E-state index is -0.326. The summed E-state index contributed by atoms with van der Waals surface area (Å²) in [7, 11) is 1.40. The van der Waals surface area contributed by atoms with Crippen molar-refractivity contribution in [3.8, 4) is 0 Å². The van der Waals surface area contributed by atoms with E-state index in [0.29, 0.717) is 22.5 Å². The number of hydrogen-bond acceptors (Lipinski definition) is 6. The lowest BCUT2D eigenvalue weighted by Gasteiger charge is -2.24. The van der Waals surface area contributed by atoms with E-state index in [1.165, 1.54) is 31.3 Å². The number of nitrogen functional groups attached to an aromatic ring is 1. The highest BCUT2D eigenvalue weighted by atomic mass is 32.1. The molecule has 1 aromatic rings. The van der Waals surface area contributed by atoms with E-state index in [0.717, 1.165) is 36.5 Å². The zero-order valence-corrected chi connectivity index (χ0v) is 12.5. The molecule has 1 saturated heterocycles. The highest BCUT2D eigenvalue weighted by Gasteiger charge is 2.33. The number of nitrogens with one attached hydrogen (secondary N) is 2. The molecule has 1 aliphatic heterocycles. The first-order valence-corrected chi connectivity index (χ1v) is 8.00. The van der Waals surface area contributed by atoms with Crippen LogP contribution in [-0.4, -0.2) is 32.2 Å². The van der Waals surface area contributed by atoms with Crippen molar-refractivity contribution in [2.45, 2.75) is 37.6 Å². The molecule has 0 aromatic carbocycles. The van der Waals surface area contributed by atoms with Crippen LogP contribution in [0.25, 0.3) is 0 Å². The smallest absolute Gasteiger partial charge is 0.350 e. The van der Waals surface area contributed by atoms with Crippen LogP contribution in [0.4, 0.5) is 10.7 Å². The van der Waals surface area contributed by atoms with E-state index in [2.05, 4.69) is 10.6 Å². The average molecular weight is 295 g/mol. The minimum Gasteiger partial charge on any atom is -0.465 e. The molecule has 3 rings (SSSR count). The summed E-state index contributed by atoms with van der Waals surface area (Å²) in [6.07, 6.45) is 4.55. The number of carbonyl (C=O) groups is 1. The van der Waals surface area contributed by atoms with Crippen molar-refractivity contribution in [2.24, 2.45) is 0 Å². The number of methoxy groups -OCH3 is 1. The van der Waals surface area contributed by atoms with Crippen LogP contribution >= 0.6 is 11.3 Å². The van der Waals surface area contributed by atoms with Crippen molar-refractivity contribution in [3.63, 3.8) is 0 Å². The van der Waals surface area contributed by atoms with E-state index < -0.39 is 0 Å². The van der Waals surface area contributed by atoms with Gasteiger partial charge in [-0.25, -0.2) is 4.79 Å². The predicted molar refractivity (Wildman–Crippen MR) is 81.6 cm³/mol. The number of ether oxygens (including phenoxy) is 1. The number of hydrogen-bond donors (Lipinski definition) is 3. The zero-order chi connectivity index (χ0) is 14.1. The summed E-state index contributed by atoms with van der Waals surface area (Å²) in [5.41, 5.74) is 7.96. The van der Waals surface area contributed by atoms with Gasteiger partial charge in [0.1, 0.15) is 4.88 Å². The highest BCUT2D eigenvalue weighted by molar-refractivity contribution is 7.18. The lowest BCUT2D eigenvalue weighted by molar-refractivity contribution is 0.0607. The maximum atomic E-state index is 11.8. The van der Waals surface area contributed by atoms with Crippen LogP contribution in [0.2, 0.25) is 0 Å². The second-order valence-electron chi connectivity index (χ2n) is 5.52. The first-order valence-electron chi connectivity index (χ1n) is 7.18. The number of piperidine rings is 1. The molecule has 0 spiro atoms. The van der Waals surface area contributed by atoms with E-state index in [4.69, 9.17) is 10.5 Å². The molecule has 110 valence electrons. The molecule has 2 aliphatic rings. The molecular weight excluding hydrogens is 274 g/mol. The third-order valence-corrected chi connectivity index (χ3v) is 5.15. The van der Waals surface area contributed by atoms with Crippen LogP contribution < -0.4 is 16.4 Å². The monoisotopic (exact) mass is 295 g/mol. The molecule has 1 aliphatic carbocycles. The second-order valence-corrected chi connectivity index (χ2v) is 6.54. The van der Waals surface area contributed by atoms with Crippen LogP contribution in [0.1, 0.15) is 46.8 Å². The average Bonchev–Trinajstić information content (AvgIpc) is 3.24. The minimum absolute atomic E-state index is 0.326. The number of carbonyl (C=O) groups excluding carboxylic acids is 1. The van der Waals surface area contributed by atoms with Gasteiger partial charge in [-0.05, 0) is 44.7 Å². The van der Waals surface area contributed by atoms with Gasteiger partial charge in [-0.15, -0.1) is 11.3 Å². The third-order valence-electron chi connectivity index (χ3n) is 4.01. The Labute approximate surface area is 122 Å². The molecule has 0 amide bonds. The van der Waals surface area contributed by atoms with Gasteiger partial charge in [-0.2, -0.15) is 0 Å². The fourth-order valence-electron chi connectivity index (χ4n) is 2.74. The molecule has 5 nitrogen and oxygen atoms in total. The summed E-state index contributed by atoms with van der Waals surface area (Å²) in [5, 5.41) is 8.04. The van der Waals surface area contributed by atoms with Gasteiger partial charge in [0.2, 0.25) is 0 Å². The molecule has 0 atom stereocenters. The SMILES string of the molecule is COC(=O)c1sc(NC2CCNCC2)c(C2CC2)c1N. The number of thiophene rings is 1. The van der Waals surface area contributed by atoms with Crippen LogP contribution in [0.15, 0.2) is 0 Å². The largest absolute Gasteiger partial charge is 0.465 e. The van der Waals surface area contributed by atoms with Crippen LogP contribution in [0.3, 0.4) is 0 Å². The molecule has 2 heterocycles. The van der Waals surface area contributed by atoms with Crippen molar-refractivity contribution >= 4 is 28.0 Å². The number of esters is 1. The van der Waals surface area contributed by atoms with Crippen LogP contribution in [-0.2, 0) is 4.74 Å². The molecule has 0 unspecified atom stereocenters. The molecule has 0 radical (unpaired) electrons. The van der Waals surface area contributed by atoms with Gasteiger partial charge in [-0.1, -0.05) is 0 Å². The molecule has 20 heavy (non-hydrogen) atoms. The summed E-state index contributed by atoms with van der Waals surface area (Å²) in [6.45, 7) is 2.09. The number of nitrogens with two attached hydrogens (primary N) is 1. The number of rotatable bonds is 4. The van der Waals surface area contributed by atoms with E-state index in [1.54, 1.807) is 0 Å². The topological polar surface area (TPSA) is 76.4 Å². The Balaban J connectivity index is 1.86. The fourth-order valence-corrected chi connectivity index (χ4v) is 3.94. The molecule has 1 saturated carbocycles. The Morgan fingerprint density at radius 1 is 1.35 bits per heavy atom. The van der Waals surface area contributed by atoms with E-state index in [-0.39, 0.29) is 5.97 Å². The van der Waals surface area contributed by atoms with Crippen LogP contribution in [0.5, 0.6) is 0 Å². The van der Waals surface area contributed by atoms with E-state index in [1.807, 2.05) is 0 Å². The van der Waals surface area contributed by atoms with Gasteiger partial charge in [0.15, 0.2) is 0 Å². The van der Waals surface area contributed by atoms with Gasteiger partial charge in [0, 0.05) is 11.6 Å². The van der Waals surface area contributed by atoms with Crippen molar-refractivity contribution in [1.29, 1.82) is 0 Å². The summed E-state index contributed by atoms with van der Waals surface area (Å²) in [4.78, 5) is 12.4. The first-order chi connectivity index (χ1) is 9.70. The van der Waals surface area contributed by atoms with Gasteiger partial charge >= 0.3 is 5.97 Å². The normalized spacial score (nSPS) is 19.9. The maximum Gasteiger partial charge on any atom is 0.350 e. The summed E-state index contributed by atoms with van der Waals surface area (Å²) in [6, 6.07) is 0.470. The Morgan fingerprint density at radius 2 is 2.05 bits per heavy atom. The molecular formula is C14H21N3O2S. The predicted octanol–water partition coefficient (Wildman–Crippen LogP) is 2.16. The Hall–Kier alpha value is -1.27. The third kappa shape index (κ3) is 2.62. The lowest BCUT2D eigenvalue weighted by Crippen LogP contribution is -2.35. The maximum absolute atomic E-state index is 11.8. The van der Waals surface area contributed by atoms with E-state index >= 15 is 0 Å². The highest BCUT2D eigenvalue weighted by Crippen LogP contribution is 2.51. The van der Waals surface area contributed by atoms with Crippen molar-refractivity contribution in [1.82, 2.24) is 5.32 Å². The zero-order valence-electron chi connectivity index (χ0n) is 11.7. The first kappa shape index (κ1) is 13.7. The Morgan fingerprint density at radius 3 is 2.65 bits per heavy atom. The van der Waals surface area contributed by atoms with Gasteiger partial charge < -0.3 is 21.1 Å². The van der Waals surface area contributed by atoms with Crippen molar-refractivity contribution in [2.75, 3.05) is 31.2 Å². The quantitative estimate of drug-likeness (QED) is 0.742. The molecule has 1 aromatic heterocycles. The molecule has 4 N–H and O–H groups in total. The Bertz CT molecular complexity index is 505. The second kappa shape index (κ2) is 5.61. The van der Waals surface area contributed by atoms with Gasteiger partial charge in [0.25, 0.3) is 0 Å². The Kier molecular flexibility index (Phi) is 3.85. The molecule has 2 fully saturated rings. The molecule has 0 bridgehead atoms. The standard InChI is InChI=1S/C14H21N3O2S/c1-19-14(18)12-11(15)10(8-2-3-8)13(20-12)17-9-4-6-16-7-5-9/h8-9,16-17H,2-7,15H2,1H3. The van der Waals surface area contributed by atoms with Gasteiger partial charge in [0.05, 0.1) is 17.8 Å². The fraction of sp³-hybridized carbons (Fsp3) is 0.643. The summed E-state index contributed by atoms with van der Waals surface area (Å²) in [5.74, 6) is 0.196. The number of anilines is 2.